The van der Waals surface area contributed by atoms with E-state index in [9.17, 15) is 4.79 Å². The van der Waals surface area contributed by atoms with E-state index in [4.69, 9.17) is 4.74 Å². The van der Waals surface area contributed by atoms with Crippen LogP contribution in [0.2, 0.25) is 0 Å². The Kier molecular flexibility index (Phi) is 3.39. The van der Waals surface area contributed by atoms with E-state index in [1.165, 1.54) is 37.7 Å². The molecule has 24 heavy (non-hydrogen) atoms. The summed E-state index contributed by atoms with van der Waals surface area (Å²) in [5.74, 6) is 4.50. The number of carbonyl (C=O) groups excluding carboxylic acids is 1. The molecule has 1 aromatic rings. The van der Waals surface area contributed by atoms with E-state index in [2.05, 4.69) is 17.0 Å². The van der Waals surface area contributed by atoms with E-state index in [0.29, 0.717) is 17.9 Å². The van der Waals surface area contributed by atoms with Gasteiger partial charge >= 0.3 is 0 Å². The summed E-state index contributed by atoms with van der Waals surface area (Å²) in [6, 6.07) is 8.75. The van der Waals surface area contributed by atoms with Crippen LogP contribution < -0.4 is 4.74 Å². The number of rotatable bonds is 3. The number of carbonyl (C=O) groups is 1. The van der Waals surface area contributed by atoms with E-state index in [0.717, 1.165) is 36.5 Å². The fourth-order valence-electron chi connectivity index (χ4n) is 6.05. The number of hydrogen-bond donors (Lipinski definition) is 0. The van der Waals surface area contributed by atoms with Crippen molar-refractivity contribution < 1.29 is 9.53 Å². The predicted molar refractivity (Wildman–Crippen MR) is 92.9 cm³/mol. The second kappa shape index (κ2) is 5.50. The first-order chi connectivity index (χ1) is 11.7. The van der Waals surface area contributed by atoms with Crippen LogP contribution in [0.4, 0.5) is 0 Å². The van der Waals surface area contributed by atoms with Gasteiger partial charge in [-0.2, -0.15) is 0 Å². The third-order valence-electron chi connectivity index (χ3n) is 7.04. The lowest BCUT2D eigenvalue weighted by molar-refractivity contribution is -0.135. The molecule has 3 saturated carbocycles. The van der Waals surface area contributed by atoms with Crippen molar-refractivity contribution in [3.05, 3.63) is 29.8 Å². The molecule has 1 aromatic carbocycles. The number of para-hydroxylation sites is 1. The molecule has 2 unspecified atom stereocenters. The third-order valence-corrected chi connectivity index (χ3v) is 7.04. The lowest BCUT2D eigenvalue weighted by atomic mass is 9.68. The second-order valence-corrected chi connectivity index (χ2v) is 8.61. The van der Waals surface area contributed by atoms with Gasteiger partial charge in [0, 0.05) is 18.5 Å². The molecule has 5 fully saturated rings. The van der Waals surface area contributed by atoms with Crippen LogP contribution in [-0.2, 0) is 4.79 Å². The Morgan fingerprint density at radius 3 is 2.46 bits per heavy atom. The van der Waals surface area contributed by atoms with Gasteiger partial charge in [0.15, 0.2) is 0 Å². The lowest BCUT2D eigenvalue weighted by Crippen LogP contribution is -2.43. The zero-order valence-electron chi connectivity index (χ0n) is 14.5. The van der Waals surface area contributed by atoms with Gasteiger partial charge in [-0.25, -0.2) is 0 Å². The summed E-state index contributed by atoms with van der Waals surface area (Å²) in [4.78, 5) is 15.6. The molecular formula is C21H27NO2. The fourth-order valence-corrected chi connectivity index (χ4v) is 6.05. The van der Waals surface area contributed by atoms with Crippen molar-refractivity contribution in [2.75, 3.05) is 13.7 Å². The minimum atomic E-state index is 0.192. The van der Waals surface area contributed by atoms with E-state index >= 15 is 0 Å². The van der Waals surface area contributed by atoms with E-state index in [1.54, 1.807) is 7.11 Å². The number of amides is 1. The van der Waals surface area contributed by atoms with E-state index in [1.807, 2.05) is 12.1 Å². The molecular weight excluding hydrogens is 298 g/mol. The van der Waals surface area contributed by atoms with Crippen LogP contribution in [0.5, 0.6) is 5.75 Å². The molecule has 3 heteroatoms. The molecule has 3 nitrogen and oxygen atoms in total. The van der Waals surface area contributed by atoms with Gasteiger partial charge in [-0.05, 0) is 73.8 Å². The van der Waals surface area contributed by atoms with Gasteiger partial charge in [-0.15, -0.1) is 0 Å². The number of ether oxygens (including phenoxy) is 1. The highest BCUT2D eigenvalue weighted by molar-refractivity contribution is 5.83. The first-order valence-corrected chi connectivity index (χ1v) is 9.66. The summed E-state index contributed by atoms with van der Waals surface area (Å²) in [5, 5.41) is 0. The molecule has 128 valence electrons. The molecule has 4 bridgehead atoms. The largest absolute Gasteiger partial charge is 0.496 e. The highest BCUT2D eigenvalue weighted by atomic mass is 16.5. The Labute approximate surface area is 144 Å². The average Bonchev–Trinajstić information content (AvgIpc) is 3.40. The summed E-state index contributed by atoms with van der Waals surface area (Å²) >= 11 is 0. The Hall–Kier alpha value is -1.51. The van der Waals surface area contributed by atoms with Crippen molar-refractivity contribution >= 4 is 5.91 Å². The molecule has 3 aliphatic carbocycles. The SMILES string of the molecule is COc1ccccc1[C@@H]1C[C@@H]1C(=O)N1CC2C[C@@H]3CC1C[C@H](C2)C3. The molecule has 0 spiro atoms. The van der Waals surface area contributed by atoms with Crippen LogP contribution in [-0.4, -0.2) is 30.5 Å². The monoisotopic (exact) mass is 325 g/mol. The van der Waals surface area contributed by atoms with Crippen molar-refractivity contribution in [1.82, 2.24) is 4.90 Å². The van der Waals surface area contributed by atoms with Crippen molar-refractivity contribution in [2.45, 2.75) is 50.5 Å². The summed E-state index contributed by atoms with van der Waals surface area (Å²) in [7, 11) is 1.72. The first-order valence-electron chi connectivity index (χ1n) is 9.66. The summed E-state index contributed by atoms with van der Waals surface area (Å²) < 4.78 is 5.50. The quantitative estimate of drug-likeness (QED) is 0.845. The second-order valence-electron chi connectivity index (χ2n) is 8.61. The van der Waals surface area contributed by atoms with Crippen LogP contribution in [0.1, 0.15) is 50.0 Å². The maximum Gasteiger partial charge on any atom is 0.226 e. The molecule has 2 heterocycles. The standard InChI is InChI=1S/C21H27NO2/c1-24-20-5-3-2-4-17(20)18-11-19(18)21(23)22-12-15-7-13-6-14(8-15)10-16(22)9-13/h2-5,13-16,18-19H,6-12H2,1H3/t13-,14+,15?,16?,18-,19-/m0/s1. The third kappa shape index (κ3) is 2.35. The molecule has 0 N–H and O–H groups in total. The number of fused-ring (bicyclic) bond motifs is 1. The van der Waals surface area contributed by atoms with Crippen molar-refractivity contribution in [3.8, 4) is 5.75 Å². The minimum absolute atomic E-state index is 0.192. The number of benzene rings is 1. The van der Waals surface area contributed by atoms with Crippen LogP contribution >= 0.6 is 0 Å². The Morgan fingerprint density at radius 1 is 1.00 bits per heavy atom. The average molecular weight is 325 g/mol. The Morgan fingerprint density at radius 2 is 1.71 bits per heavy atom. The van der Waals surface area contributed by atoms with Crippen molar-refractivity contribution in [3.63, 3.8) is 0 Å². The fraction of sp³-hybridized carbons (Fsp3) is 0.667. The topological polar surface area (TPSA) is 29.5 Å². The normalized spacial score (nSPS) is 39.6. The molecule has 0 radical (unpaired) electrons. The van der Waals surface area contributed by atoms with Crippen LogP contribution in [0.3, 0.4) is 0 Å². The van der Waals surface area contributed by atoms with Crippen LogP contribution in [0.15, 0.2) is 24.3 Å². The van der Waals surface area contributed by atoms with E-state index < -0.39 is 0 Å². The highest BCUT2D eigenvalue weighted by Gasteiger charge is 2.51. The summed E-state index contributed by atoms with van der Waals surface area (Å²) in [6.07, 6.45) is 7.71. The predicted octanol–water partition coefficient (Wildman–Crippen LogP) is 3.84. The molecule has 2 aliphatic heterocycles. The first kappa shape index (κ1) is 14.8. The number of methoxy groups -OCH3 is 1. The van der Waals surface area contributed by atoms with Gasteiger partial charge in [0.1, 0.15) is 5.75 Å². The summed E-state index contributed by atoms with van der Waals surface area (Å²) in [5.41, 5.74) is 1.22. The molecule has 5 aliphatic rings. The van der Waals surface area contributed by atoms with Crippen LogP contribution in [0, 0.1) is 23.7 Å². The van der Waals surface area contributed by atoms with Gasteiger partial charge < -0.3 is 9.64 Å². The molecule has 1 amide bonds. The van der Waals surface area contributed by atoms with Crippen molar-refractivity contribution in [1.29, 1.82) is 0 Å². The van der Waals surface area contributed by atoms with E-state index in [-0.39, 0.29) is 5.92 Å². The van der Waals surface area contributed by atoms with Gasteiger partial charge in [0.05, 0.1) is 7.11 Å². The molecule has 6 atom stereocenters. The van der Waals surface area contributed by atoms with Gasteiger partial charge in [-0.1, -0.05) is 18.2 Å². The number of hydrogen-bond acceptors (Lipinski definition) is 2. The number of nitrogens with zero attached hydrogens (tertiary/aromatic N) is 1. The zero-order chi connectivity index (χ0) is 16.3. The Bertz CT molecular complexity index is 643. The van der Waals surface area contributed by atoms with Gasteiger partial charge in [0.25, 0.3) is 0 Å². The Balaban J connectivity index is 1.34. The van der Waals surface area contributed by atoms with Crippen molar-refractivity contribution in [2.24, 2.45) is 23.7 Å². The maximum atomic E-state index is 13.2. The highest BCUT2D eigenvalue weighted by Crippen LogP contribution is 2.53. The van der Waals surface area contributed by atoms with Crippen LogP contribution in [0.25, 0.3) is 0 Å². The molecule has 6 rings (SSSR count). The lowest BCUT2D eigenvalue weighted by Gasteiger charge is -2.39. The zero-order valence-corrected chi connectivity index (χ0v) is 14.5. The smallest absolute Gasteiger partial charge is 0.226 e. The minimum Gasteiger partial charge on any atom is -0.496 e. The molecule has 2 saturated heterocycles. The van der Waals surface area contributed by atoms with Gasteiger partial charge in [0.2, 0.25) is 5.91 Å². The van der Waals surface area contributed by atoms with Gasteiger partial charge in [-0.3, -0.25) is 4.79 Å². The molecule has 0 aromatic heterocycles. The summed E-state index contributed by atoms with van der Waals surface area (Å²) in [6.45, 7) is 1.03. The maximum absolute atomic E-state index is 13.2.